The first-order valence-electron chi connectivity index (χ1n) is 10.8. The zero-order valence-electron chi connectivity index (χ0n) is 17.9. The molecule has 0 amide bonds. The highest BCUT2D eigenvalue weighted by molar-refractivity contribution is 7.86. The first kappa shape index (κ1) is 20.5. The minimum absolute atomic E-state index is 0.114. The van der Waals surface area contributed by atoms with E-state index in [9.17, 15) is 8.42 Å². The summed E-state index contributed by atoms with van der Waals surface area (Å²) >= 11 is 0. The molecule has 0 aliphatic carbocycles. The summed E-state index contributed by atoms with van der Waals surface area (Å²) < 4.78 is 36.5. The van der Waals surface area contributed by atoms with Crippen molar-refractivity contribution in [3.63, 3.8) is 0 Å². The van der Waals surface area contributed by atoms with Crippen LogP contribution in [0.1, 0.15) is 35.7 Å². The summed E-state index contributed by atoms with van der Waals surface area (Å²) in [5.74, 6) is 0.943. The third-order valence-corrected chi connectivity index (χ3v) is 7.99. The minimum atomic E-state index is -3.77. The van der Waals surface area contributed by atoms with Crippen LogP contribution in [0.4, 0.5) is 0 Å². The van der Waals surface area contributed by atoms with E-state index in [1.54, 1.807) is 31.4 Å². The van der Waals surface area contributed by atoms with E-state index in [4.69, 9.17) is 8.92 Å². The third-order valence-electron chi connectivity index (χ3n) is 6.70. The molecule has 164 valence electrons. The molecule has 3 aromatic rings. The Morgan fingerprint density at radius 1 is 1.13 bits per heavy atom. The molecule has 1 aromatic heterocycles. The van der Waals surface area contributed by atoms with Crippen LogP contribution < -0.4 is 4.74 Å². The molecule has 0 radical (unpaired) electrons. The van der Waals surface area contributed by atoms with Crippen LogP contribution in [-0.4, -0.2) is 45.1 Å². The highest BCUT2D eigenvalue weighted by Crippen LogP contribution is 2.43. The van der Waals surface area contributed by atoms with E-state index >= 15 is 0 Å². The maximum Gasteiger partial charge on any atom is 0.296 e. The molecule has 2 atom stereocenters. The van der Waals surface area contributed by atoms with E-state index in [1.165, 1.54) is 16.6 Å². The van der Waals surface area contributed by atoms with Gasteiger partial charge in [0.05, 0.1) is 24.7 Å². The second-order valence-corrected chi connectivity index (χ2v) is 10.2. The van der Waals surface area contributed by atoms with Gasteiger partial charge in [-0.2, -0.15) is 8.42 Å². The molecule has 1 N–H and O–H groups in total. The zero-order valence-corrected chi connectivity index (χ0v) is 18.7. The predicted octanol–water partition coefficient (Wildman–Crippen LogP) is 4.20. The number of aromatic nitrogens is 1. The lowest BCUT2D eigenvalue weighted by atomic mass is 9.83. The molecule has 3 heterocycles. The van der Waals surface area contributed by atoms with Crippen LogP contribution in [0.25, 0.3) is 10.9 Å². The number of ether oxygens (including phenoxy) is 1. The molecule has 1 fully saturated rings. The fourth-order valence-corrected chi connectivity index (χ4v) is 6.06. The lowest BCUT2D eigenvalue weighted by molar-refractivity contribution is 0.0544. The first-order valence-corrected chi connectivity index (χ1v) is 12.3. The molecule has 6 nitrogen and oxygen atoms in total. The van der Waals surface area contributed by atoms with Crippen molar-refractivity contribution >= 4 is 21.0 Å². The number of aryl methyl sites for hydroxylation is 1. The van der Waals surface area contributed by atoms with Crippen molar-refractivity contribution in [3.8, 4) is 5.75 Å². The standard InChI is InChI=1S/C24H28N2O4S/c1-16-5-8-19(9-6-16)31(27,28)30-15-17-4-3-12-26-13-11-21-20-10-7-18(29-2)14-22(20)25-23(21)24(17)26/h5-10,14,17,24-25H,3-4,11-13,15H2,1-2H3/t17-,24-/m0/s1. The summed E-state index contributed by atoms with van der Waals surface area (Å²) in [6, 6.07) is 13.1. The Morgan fingerprint density at radius 2 is 1.94 bits per heavy atom. The summed E-state index contributed by atoms with van der Waals surface area (Å²) in [7, 11) is -2.10. The monoisotopic (exact) mass is 440 g/mol. The summed E-state index contributed by atoms with van der Waals surface area (Å²) in [5.41, 5.74) is 4.64. The second kappa shape index (κ2) is 7.97. The molecule has 7 heteroatoms. The molecule has 0 unspecified atom stereocenters. The van der Waals surface area contributed by atoms with Crippen molar-refractivity contribution in [1.82, 2.24) is 9.88 Å². The number of nitrogens with one attached hydrogen (secondary N) is 1. The Bertz CT molecular complexity index is 1200. The molecule has 2 aliphatic rings. The van der Waals surface area contributed by atoms with Crippen molar-refractivity contribution in [2.75, 3.05) is 26.8 Å². The predicted molar refractivity (Wildman–Crippen MR) is 120 cm³/mol. The lowest BCUT2D eigenvalue weighted by Gasteiger charge is -2.44. The first-order chi connectivity index (χ1) is 15.0. The van der Waals surface area contributed by atoms with Crippen LogP contribution >= 0.6 is 0 Å². The number of methoxy groups -OCH3 is 1. The zero-order chi connectivity index (χ0) is 21.6. The minimum Gasteiger partial charge on any atom is -0.497 e. The summed E-state index contributed by atoms with van der Waals surface area (Å²) in [6.45, 7) is 4.14. The highest BCUT2D eigenvalue weighted by Gasteiger charge is 2.39. The van der Waals surface area contributed by atoms with Gasteiger partial charge in [0.1, 0.15) is 5.75 Å². The highest BCUT2D eigenvalue weighted by atomic mass is 32.2. The molecule has 0 bridgehead atoms. The molecular weight excluding hydrogens is 412 g/mol. The number of nitrogens with zero attached hydrogens (tertiary/aromatic N) is 1. The van der Waals surface area contributed by atoms with Gasteiger partial charge in [-0.05, 0) is 62.6 Å². The fourth-order valence-electron chi connectivity index (χ4n) is 5.10. The number of piperidine rings is 1. The number of aromatic amines is 1. The quantitative estimate of drug-likeness (QED) is 0.602. The van der Waals surface area contributed by atoms with Crippen molar-refractivity contribution in [2.45, 2.75) is 37.1 Å². The number of H-pyrrole nitrogens is 1. The molecule has 0 saturated carbocycles. The van der Waals surface area contributed by atoms with Crippen molar-refractivity contribution in [3.05, 3.63) is 59.3 Å². The van der Waals surface area contributed by atoms with Crippen LogP contribution in [0.15, 0.2) is 47.4 Å². The molecule has 0 spiro atoms. The van der Waals surface area contributed by atoms with Gasteiger partial charge >= 0.3 is 0 Å². The third kappa shape index (κ3) is 3.75. The average molecular weight is 441 g/mol. The average Bonchev–Trinajstić information content (AvgIpc) is 3.15. The molecule has 5 rings (SSSR count). The van der Waals surface area contributed by atoms with Crippen LogP contribution in [-0.2, 0) is 20.7 Å². The van der Waals surface area contributed by atoms with Crippen LogP contribution in [0.3, 0.4) is 0 Å². The van der Waals surface area contributed by atoms with Gasteiger partial charge in [0, 0.05) is 35.1 Å². The SMILES string of the molecule is COc1ccc2c3c([nH]c2c1)[C@@H]1[C@H](COS(=O)(=O)c2ccc(C)cc2)CCCN1CC3. The molecular formula is C24H28N2O4S. The molecule has 2 aliphatic heterocycles. The molecule has 1 saturated heterocycles. The second-order valence-electron chi connectivity index (χ2n) is 8.61. The number of rotatable bonds is 5. The van der Waals surface area contributed by atoms with Gasteiger partial charge in [-0.25, -0.2) is 0 Å². The van der Waals surface area contributed by atoms with E-state index in [0.717, 1.165) is 49.2 Å². The Balaban J connectivity index is 1.43. The van der Waals surface area contributed by atoms with Gasteiger partial charge < -0.3 is 9.72 Å². The summed E-state index contributed by atoms with van der Waals surface area (Å²) in [6.07, 6.45) is 2.99. The van der Waals surface area contributed by atoms with Gasteiger partial charge in [0.2, 0.25) is 0 Å². The van der Waals surface area contributed by atoms with E-state index in [-0.39, 0.29) is 23.5 Å². The van der Waals surface area contributed by atoms with E-state index < -0.39 is 10.1 Å². The number of fused-ring (bicyclic) bond motifs is 5. The number of hydrogen-bond donors (Lipinski definition) is 1. The Labute approximate surface area is 183 Å². The summed E-state index contributed by atoms with van der Waals surface area (Å²) in [5, 5.41) is 1.23. The maximum atomic E-state index is 12.7. The maximum absolute atomic E-state index is 12.7. The van der Waals surface area contributed by atoms with Gasteiger partial charge in [-0.3, -0.25) is 9.08 Å². The van der Waals surface area contributed by atoms with Crippen molar-refractivity contribution < 1.29 is 17.3 Å². The van der Waals surface area contributed by atoms with Gasteiger partial charge in [-0.15, -0.1) is 0 Å². The van der Waals surface area contributed by atoms with Crippen LogP contribution in [0, 0.1) is 12.8 Å². The van der Waals surface area contributed by atoms with Crippen molar-refractivity contribution in [2.24, 2.45) is 5.92 Å². The van der Waals surface area contributed by atoms with E-state index in [0.29, 0.717) is 0 Å². The largest absolute Gasteiger partial charge is 0.497 e. The fraction of sp³-hybridized carbons (Fsp3) is 0.417. The van der Waals surface area contributed by atoms with E-state index in [1.807, 2.05) is 19.1 Å². The summed E-state index contributed by atoms with van der Waals surface area (Å²) in [4.78, 5) is 6.32. The Hall–Kier alpha value is -2.35. The number of hydrogen-bond acceptors (Lipinski definition) is 5. The number of benzene rings is 2. The van der Waals surface area contributed by atoms with Crippen molar-refractivity contribution in [1.29, 1.82) is 0 Å². The van der Waals surface area contributed by atoms with Crippen LogP contribution in [0.5, 0.6) is 5.75 Å². The van der Waals surface area contributed by atoms with Gasteiger partial charge in [0.25, 0.3) is 10.1 Å². The Morgan fingerprint density at radius 3 is 2.71 bits per heavy atom. The topological polar surface area (TPSA) is 71.6 Å². The van der Waals surface area contributed by atoms with E-state index in [2.05, 4.69) is 16.0 Å². The van der Waals surface area contributed by atoms with Gasteiger partial charge in [-0.1, -0.05) is 17.7 Å². The Kier molecular flexibility index (Phi) is 5.28. The molecule has 2 aromatic carbocycles. The van der Waals surface area contributed by atoms with Crippen LogP contribution in [0.2, 0.25) is 0 Å². The van der Waals surface area contributed by atoms with Gasteiger partial charge in [0.15, 0.2) is 0 Å². The normalized spacial score (nSPS) is 21.6. The molecule has 31 heavy (non-hydrogen) atoms. The lowest BCUT2D eigenvalue weighted by Crippen LogP contribution is -2.44. The smallest absolute Gasteiger partial charge is 0.296 e.